The van der Waals surface area contributed by atoms with Crippen molar-refractivity contribution in [3.63, 3.8) is 0 Å². The number of hydrogen-bond acceptors (Lipinski definition) is 1. The molecule has 0 saturated heterocycles. The highest BCUT2D eigenvalue weighted by Crippen LogP contribution is 2.34. The minimum Gasteiger partial charge on any atom is -0.313 e. The zero-order valence-electron chi connectivity index (χ0n) is 10.4. The van der Waals surface area contributed by atoms with Gasteiger partial charge in [-0.1, -0.05) is 53.5 Å². The molecule has 1 unspecified atom stereocenters. The predicted octanol–water partition coefficient (Wildman–Crippen LogP) is 4.94. The lowest BCUT2D eigenvalue weighted by Gasteiger charge is -2.13. The first-order valence-electron chi connectivity index (χ1n) is 5.85. The van der Waals surface area contributed by atoms with E-state index < -0.39 is 0 Å². The Labute approximate surface area is 118 Å². The Morgan fingerprint density at radius 3 is 2.50 bits per heavy atom. The van der Waals surface area contributed by atoms with Crippen LogP contribution in [0.2, 0.25) is 10.0 Å². The number of rotatable bonds is 3. The Morgan fingerprint density at radius 1 is 1.06 bits per heavy atom. The molecule has 0 aromatic heterocycles. The molecule has 0 aliphatic rings. The second-order valence-electron chi connectivity index (χ2n) is 4.24. The van der Waals surface area contributed by atoms with Gasteiger partial charge in [-0.25, -0.2) is 0 Å². The van der Waals surface area contributed by atoms with Crippen molar-refractivity contribution in [3.05, 3.63) is 58.1 Å². The van der Waals surface area contributed by atoms with Crippen molar-refractivity contribution >= 4 is 23.2 Å². The molecule has 0 radical (unpaired) electrons. The summed E-state index contributed by atoms with van der Waals surface area (Å²) in [5.41, 5.74) is 3.28. The van der Waals surface area contributed by atoms with Gasteiger partial charge in [0.2, 0.25) is 0 Å². The second-order valence-corrected chi connectivity index (χ2v) is 5.02. The Balaban J connectivity index is 2.48. The summed E-state index contributed by atoms with van der Waals surface area (Å²) in [7, 11) is 1.95. The van der Waals surface area contributed by atoms with E-state index in [1.165, 1.54) is 5.56 Å². The van der Waals surface area contributed by atoms with Crippen LogP contribution in [0.1, 0.15) is 18.5 Å². The molecule has 2 aromatic rings. The highest BCUT2D eigenvalue weighted by atomic mass is 35.5. The van der Waals surface area contributed by atoms with Crippen LogP contribution in [0.25, 0.3) is 11.1 Å². The number of nitrogens with one attached hydrogen (secondary N) is 1. The number of benzene rings is 2. The van der Waals surface area contributed by atoms with Crippen molar-refractivity contribution in [2.24, 2.45) is 0 Å². The topological polar surface area (TPSA) is 12.0 Å². The van der Waals surface area contributed by atoms with Crippen molar-refractivity contribution in [1.82, 2.24) is 5.32 Å². The molecule has 0 amide bonds. The zero-order chi connectivity index (χ0) is 13.1. The van der Waals surface area contributed by atoms with Gasteiger partial charge in [-0.2, -0.15) is 0 Å². The van der Waals surface area contributed by atoms with Crippen LogP contribution in [0.5, 0.6) is 0 Å². The van der Waals surface area contributed by atoms with Crippen LogP contribution >= 0.6 is 23.2 Å². The Bertz CT molecular complexity index is 552. The summed E-state index contributed by atoms with van der Waals surface area (Å²) < 4.78 is 0. The molecule has 0 aliphatic carbocycles. The van der Waals surface area contributed by atoms with E-state index in [-0.39, 0.29) is 0 Å². The second kappa shape index (κ2) is 5.75. The largest absolute Gasteiger partial charge is 0.313 e. The van der Waals surface area contributed by atoms with Gasteiger partial charge < -0.3 is 5.32 Å². The fourth-order valence-corrected chi connectivity index (χ4v) is 2.28. The Morgan fingerprint density at radius 2 is 1.78 bits per heavy atom. The van der Waals surface area contributed by atoms with Gasteiger partial charge in [-0.3, -0.25) is 0 Å². The molecule has 1 N–H and O–H groups in total. The van der Waals surface area contributed by atoms with E-state index in [1.54, 1.807) is 6.07 Å². The van der Waals surface area contributed by atoms with E-state index >= 15 is 0 Å². The van der Waals surface area contributed by atoms with Gasteiger partial charge in [0, 0.05) is 11.6 Å². The maximum atomic E-state index is 6.25. The minimum atomic E-state index is 0.308. The molecule has 0 heterocycles. The molecule has 0 fully saturated rings. The third kappa shape index (κ3) is 2.69. The molecule has 1 atom stereocenters. The monoisotopic (exact) mass is 279 g/mol. The van der Waals surface area contributed by atoms with Crippen LogP contribution in [0.15, 0.2) is 42.5 Å². The lowest BCUT2D eigenvalue weighted by molar-refractivity contribution is 0.652. The van der Waals surface area contributed by atoms with Gasteiger partial charge in [0.1, 0.15) is 0 Å². The smallest absolute Gasteiger partial charge is 0.0670 e. The van der Waals surface area contributed by atoms with Crippen LogP contribution in [-0.4, -0.2) is 7.05 Å². The van der Waals surface area contributed by atoms with Crippen molar-refractivity contribution in [3.8, 4) is 11.1 Å². The average Bonchev–Trinajstić information content (AvgIpc) is 2.41. The lowest BCUT2D eigenvalue weighted by Crippen LogP contribution is -2.12. The molecular formula is C15H15Cl2N. The molecule has 2 aromatic carbocycles. The van der Waals surface area contributed by atoms with E-state index in [0.717, 1.165) is 11.1 Å². The summed E-state index contributed by atoms with van der Waals surface area (Å²) in [4.78, 5) is 0. The van der Waals surface area contributed by atoms with Crippen LogP contribution in [0.4, 0.5) is 0 Å². The summed E-state index contributed by atoms with van der Waals surface area (Å²) >= 11 is 12.3. The van der Waals surface area contributed by atoms with E-state index in [1.807, 2.05) is 31.3 Å². The first-order valence-corrected chi connectivity index (χ1v) is 6.60. The van der Waals surface area contributed by atoms with Gasteiger partial charge in [0.05, 0.1) is 10.0 Å². The van der Waals surface area contributed by atoms with Crippen molar-refractivity contribution in [2.75, 3.05) is 7.05 Å². The number of hydrogen-bond donors (Lipinski definition) is 1. The highest BCUT2D eigenvalue weighted by Gasteiger charge is 2.09. The summed E-state index contributed by atoms with van der Waals surface area (Å²) in [5, 5.41) is 4.42. The van der Waals surface area contributed by atoms with E-state index in [0.29, 0.717) is 16.1 Å². The first-order chi connectivity index (χ1) is 8.63. The lowest BCUT2D eigenvalue weighted by atomic mass is 10.0. The maximum Gasteiger partial charge on any atom is 0.0670 e. The van der Waals surface area contributed by atoms with Gasteiger partial charge in [-0.15, -0.1) is 0 Å². The van der Waals surface area contributed by atoms with Crippen molar-refractivity contribution < 1.29 is 0 Å². The van der Waals surface area contributed by atoms with E-state index in [9.17, 15) is 0 Å². The molecule has 18 heavy (non-hydrogen) atoms. The molecule has 0 spiro atoms. The molecule has 0 saturated carbocycles. The fourth-order valence-electron chi connectivity index (χ4n) is 1.87. The molecule has 0 aliphatic heterocycles. The highest BCUT2D eigenvalue weighted by molar-refractivity contribution is 6.43. The minimum absolute atomic E-state index is 0.308. The molecule has 1 nitrogen and oxygen atoms in total. The van der Waals surface area contributed by atoms with E-state index in [2.05, 4.69) is 24.4 Å². The fraction of sp³-hybridized carbons (Fsp3) is 0.200. The van der Waals surface area contributed by atoms with E-state index in [4.69, 9.17) is 23.2 Å². The quantitative estimate of drug-likeness (QED) is 0.839. The predicted molar refractivity (Wildman–Crippen MR) is 79.4 cm³/mol. The standard InChI is InChI=1S/C15H15Cl2N/c1-10(18-2)11-5-3-6-12(9-11)13-7-4-8-14(16)15(13)17/h3-10,18H,1-2H3. The van der Waals surface area contributed by atoms with Crippen molar-refractivity contribution in [1.29, 1.82) is 0 Å². The molecule has 0 bridgehead atoms. The zero-order valence-corrected chi connectivity index (χ0v) is 11.9. The summed E-state index contributed by atoms with van der Waals surface area (Å²) in [6.07, 6.45) is 0. The molecule has 2 rings (SSSR count). The van der Waals surface area contributed by atoms with Crippen LogP contribution in [0, 0.1) is 0 Å². The third-order valence-corrected chi connectivity index (χ3v) is 3.90. The summed E-state index contributed by atoms with van der Waals surface area (Å²) in [6.45, 7) is 2.12. The third-order valence-electron chi connectivity index (χ3n) is 3.08. The first kappa shape index (κ1) is 13.4. The molecular weight excluding hydrogens is 265 g/mol. The Hall–Kier alpha value is -1.02. The van der Waals surface area contributed by atoms with Crippen LogP contribution in [0.3, 0.4) is 0 Å². The molecule has 3 heteroatoms. The normalized spacial score (nSPS) is 12.4. The van der Waals surface area contributed by atoms with Crippen molar-refractivity contribution in [2.45, 2.75) is 13.0 Å². The van der Waals surface area contributed by atoms with Crippen LogP contribution in [-0.2, 0) is 0 Å². The summed E-state index contributed by atoms with van der Waals surface area (Å²) in [6, 6.07) is 14.3. The molecule has 94 valence electrons. The van der Waals surface area contributed by atoms with Gasteiger partial charge in [0.15, 0.2) is 0 Å². The van der Waals surface area contributed by atoms with Gasteiger partial charge in [0.25, 0.3) is 0 Å². The summed E-state index contributed by atoms with van der Waals surface area (Å²) in [5.74, 6) is 0. The average molecular weight is 280 g/mol. The maximum absolute atomic E-state index is 6.25. The SMILES string of the molecule is CNC(C)c1cccc(-c2cccc(Cl)c2Cl)c1. The van der Waals surface area contributed by atoms with Gasteiger partial charge in [-0.05, 0) is 37.2 Å². The van der Waals surface area contributed by atoms with Crippen LogP contribution < -0.4 is 5.32 Å². The van der Waals surface area contributed by atoms with Gasteiger partial charge >= 0.3 is 0 Å². The number of halogens is 2. The Kier molecular flexibility index (Phi) is 4.28.